The molecule has 0 heterocycles. The van der Waals surface area contributed by atoms with E-state index in [-0.39, 0.29) is 5.41 Å². The molecule has 8 aromatic carbocycles. The van der Waals surface area contributed by atoms with E-state index in [1.165, 1.54) is 172 Å². The number of para-hydroxylation sites is 1. The van der Waals surface area contributed by atoms with Crippen molar-refractivity contribution in [3.63, 3.8) is 0 Å². The molecule has 2 heteroatoms. The molecule has 0 aromatic heterocycles. The molecule has 4 bridgehead atoms. The van der Waals surface area contributed by atoms with Crippen LogP contribution in [0.2, 0.25) is 0 Å². The Morgan fingerprint density at radius 1 is 0.371 bits per heavy atom. The van der Waals surface area contributed by atoms with E-state index in [0.29, 0.717) is 11.8 Å². The second-order valence-corrected chi connectivity index (χ2v) is 21.6. The Bertz CT molecular complexity index is 3090. The standard InChI is InChI=1S/C68H68N2/c1-68(2)63-27-17-16-26-61(63)67-62(54-22-12-6-13-23-54)46-60(47-64(67)68)70(59-42-38-53(39-43-59)50-18-8-3-4-9-19-50)66-45-49-29-33-55-32-28-48(30-34-56(66)35-31-49)44-65(55)69(57-24-14-7-15-25-57)58-40-36-52(37-41-58)51-20-10-5-11-21-51/h6-7,12-17,22-28,31-32,35-47,50-51H,3-5,8-11,18-21,29-30,33-34H2,1-2H3. The van der Waals surface area contributed by atoms with Crippen molar-refractivity contribution in [3.8, 4) is 22.3 Å². The maximum Gasteiger partial charge on any atom is 0.0496 e. The topological polar surface area (TPSA) is 6.48 Å². The van der Waals surface area contributed by atoms with Gasteiger partial charge in [-0.15, -0.1) is 0 Å². The van der Waals surface area contributed by atoms with Crippen LogP contribution in [-0.4, -0.2) is 0 Å². The van der Waals surface area contributed by atoms with Gasteiger partial charge < -0.3 is 9.80 Å². The third-order valence-electron chi connectivity index (χ3n) is 16.9. The van der Waals surface area contributed by atoms with Crippen molar-refractivity contribution in [2.45, 2.75) is 127 Å². The van der Waals surface area contributed by atoms with Crippen LogP contribution >= 0.6 is 0 Å². The van der Waals surface area contributed by atoms with Crippen LogP contribution in [0.3, 0.4) is 0 Å². The number of aryl methyl sites for hydroxylation is 4. The summed E-state index contributed by atoms with van der Waals surface area (Å²) in [7, 11) is 0. The zero-order valence-electron chi connectivity index (χ0n) is 41.5. The van der Waals surface area contributed by atoms with Crippen LogP contribution < -0.4 is 9.80 Å². The van der Waals surface area contributed by atoms with Crippen molar-refractivity contribution in [2.24, 2.45) is 0 Å². The normalized spacial score (nSPS) is 16.7. The van der Waals surface area contributed by atoms with Crippen LogP contribution in [0.4, 0.5) is 34.1 Å². The van der Waals surface area contributed by atoms with Gasteiger partial charge in [0, 0.05) is 39.5 Å². The molecule has 0 aliphatic heterocycles. The Kier molecular flexibility index (Phi) is 12.3. The highest BCUT2D eigenvalue weighted by atomic mass is 15.2. The fraction of sp³-hybridized carbons (Fsp3) is 0.294. The first-order valence-electron chi connectivity index (χ1n) is 26.9. The first-order chi connectivity index (χ1) is 34.5. The summed E-state index contributed by atoms with van der Waals surface area (Å²) < 4.78 is 0. The summed E-state index contributed by atoms with van der Waals surface area (Å²) in [5.41, 5.74) is 23.9. The van der Waals surface area contributed by atoms with Crippen molar-refractivity contribution in [2.75, 3.05) is 9.80 Å². The Hall–Kier alpha value is -6.64. The van der Waals surface area contributed by atoms with Gasteiger partial charge in [-0.3, -0.25) is 0 Å². The lowest BCUT2D eigenvalue weighted by Gasteiger charge is -2.32. The minimum Gasteiger partial charge on any atom is -0.310 e. The van der Waals surface area contributed by atoms with E-state index in [9.17, 15) is 0 Å². The highest BCUT2D eigenvalue weighted by molar-refractivity contribution is 5.96. The Balaban J connectivity index is 0.968. The van der Waals surface area contributed by atoms with Crippen LogP contribution in [0.25, 0.3) is 22.3 Å². The third-order valence-corrected chi connectivity index (χ3v) is 16.9. The smallest absolute Gasteiger partial charge is 0.0496 e. The molecule has 0 unspecified atom stereocenters. The van der Waals surface area contributed by atoms with Gasteiger partial charge in [0.2, 0.25) is 0 Å². The number of fused-ring (bicyclic) bond motifs is 3. The summed E-state index contributed by atoms with van der Waals surface area (Å²) in [6.07, 6.45) is 18.5. The zero-order chi connectivity index (χ0) is 47.0. The zero-order valence-corrected chi connectivity index (χ0v) is 41.5. The van der Waals surface area contributed by atoms with E-state index in [4.69, 9.17) is 0 Å². The predicted molar refractivity (Wildman–Crippen MR) is 296 cm³/mol. The van der Waals surface area contributed by atoms with E-state index >= 15 is 0 Å². The van der Waals surface area contributed by atoms with E-state index in [0.717, 1.165) is 25.7 Å². The predicted octanol–water partition coefficient (Wildman–Crippen LogP) is 19.0. The lowest BCUT2D eigenvalue weighted by atomic mass is 9.81. The first kappa shape index (κ1) is 44.6. The van der Waals surface area contributed by atoms with Gasteiger partial charge in [0.1, 0.15) is 0 Å². The minimum absolute atomic E-state index is 0.156. The van der Waals surface area contributed by atoms with E-state index < -0.39 is 0 Å². The molecule has 0 N–H and O–H groups in total. The summed E-state index contributed by atoms with van der Waals surface area (Å²) >= 11 is 0. The molecular formula is C68H68N2. The van der Waals surface area contributed by atoms with E-state index in [1.54, 1.807) is 0 Å². The summed E-state index contributed by atoms with van der Waals surface area (Å²) in [5, 5.41) is 0. The monoisotopic (exact) mass is 913 g/mol. The Morgan fingerprint density at radius 2 is 0.843 bits per heavy atom. The summed E-state index contributed by atoms with van der Waals surface area (Å²) in [6.45, 7) is 4.86. The van der Waals surface area contributed by atoms with Gasteiger partial charge in [0.25, 0.3) is 0 Å². The SMILES string of the molecule is CC1(C)c2ccccc2-c2c(-c3ccccc3)cc(N(c3ccc(C4CCCCCC4)cc3)c3cc4ccc3CCc3ccc(c(N(c5ccccc5)c5ccc(C6CCCCC6)cc5)c3)CC4)cc21. The summed E-state index contributed by atoms with van der Waals surface area (Å²) in [6, 6.07) is 70.6. The molecule has 7 aliphatic rings. The van der Waals surface area contributed by atoms with Gasteiger partial charge in [0.05, 0.1) is 0 Å². The fourth-order valence-electron chi connectivity index (χ4n) is 13.0. The molecule has 0 radical (unpaired) electrons. The van der Waals surface area contributed by atoms with Gasteiger partial charge in [-0.2, -0.15) is 0 Å². The highest BCUT2D eigenvalue weighted by Gasteiger charge is 2.38. The van der Waals surface area contributed by atoms with Crippen LogP contribution in [0.1, 0.15) is 141 Å². The lowest BCUT2D eigenvalue weighted by Crippen LogP contribution is -2.18. The average Bonchev–Trinajstić information content (AvgIpc) is 3.55. The average molecular weight is 913 g/mol. The molecular weight excluding hydrogens is 845 g/mol. The number of anilines is 6. The molecule has 0 amide bonds. The van der Waals surface area contributed by atoms with Gasteiger partial charge in [-0.1, -0.05) is 180 Å². The van der Waals surface area contributed by atoms with Crippen LogP contribution in [0, 0.1) is 0 Å². The molecule has 70 heavy (non-hydrogen) atoms. The van der Waals surface area contributed by atoms with Crippen LogP contribution in [0.5, 0.6) is 0 Å². The van der Waals surface area contributed by atoms with Crippen molar-refractivity contribution in [3.05, 3.63) is 226 Å². The minimum atomic E-state index is -0.156. The number of benzene rings is 8. The Labute approximate surface area is 418 Å². The van der Waals surface area contributed by atoms with Crippen molar-refractivity contribution >= 4 is 34.1 Å². The molecule has 0 atom stereocenters. The first-order valence-corrected chi connectivity index (χ1v) is 26.9. The Morgan fingerprint density at radius 3 is 1.40 bits per heavy atom. The quantitative estimate of drug-likeness (QED) is 0.133. The molecule has 350 valence electrons. The van der Waals surface area contributed by atoms with Crippen molar-refractivity contribution in [1.82, 2.24) is 0 Å². The molecule has 0 saturated heterocycles. The molecule has 2 saturated carbocycles. The van der Waals surface area contributed by atoms with Gasteiger partial charge in [0.15, 0.2) is 0 Å². The second-order valence-electron chi connectivity index (χ2n) is 21.6. The highest BCUT2D eigenvalue weighted by Crippen LogP contribution is 2.55. The molecule has 8 aromatic rings. The molecule has 15 rings (SSSR count). The van der Waals surface area contributed by atoms with Gasteiger partial charge >= 0.3 is 0 Å². The van der Waals surface area contributed by atoms with Gasteiger partial charge in [-0.05, 0) is 191 Å². The molecule has 2 fully saturated rings. The fourth-order valence-corrected chi connectivity index (χ4v) is 13.0. The largest absolute Gasteiger partial charge is 0.310 e. The summed E-state index contributed by atoms with van der Waals surface area (Å²) in [4.78, 5) is 5.16. The third kappa shape index (κ3) is 8.59. The van der Waals surface area contributed by atoms with Crippen LogP contribution in [-0.2, 0) is 31.1 Å². The maximum atomic E-state index is 2.63. The number of nitrogens with zero attached hydrogens (tertiary/aromatic N) is 2. The van der Waals surface area contributed by atoms with Crippen LogP contribution in [0.15, 0.2) is 182 Å². The number of hydrogen-bond donors (Lipinski definition) is 0. The number of rotatable bonds is 9. The molecule has 0 spiro atoms. The molecule has 7 aliphatic carbocycles. The second kappa shape index (κ2) is 19.3. The number of hydrogen-bond acceptors (Lipinski definition) is 2. The maximum absolute atomic E-state index is 2.63. The van der Waals surface area contributed by atoms with Gasteiger partial charge in [-0.25, -0.2) is 0 Å². The summed E-state index contributed by atoms with van der Waals surface area (Å²) in [5.74, 6) is 1.33. The lowest BCUT2D eigenvalue weighted by molar-refractivity contribution is 0.443. The van der Waals surface area contributed by atoms with E-state index in [1.807, 2.05) is 0 Å². The van der Waals surface area contributed by atoms with E-state index in [2.05, 4.69) is 206 Å². The van der Waals surface area contributed by atoms with Crippen molar-refractivity contribution < 1.29 is 0 Å². The molecule has 2 nitrogen and oxygen atoms in total. The van der Waals surface area contributed by atoms with Crippen molar-refractivity contribution in [1.29, 1.82) is 0 Å².